The lowest BCUT2D eigenvalue weighted by Crippen LogP contribution is -2.09. The van der Waals surface area contributed by atoms with E-state index in [0.717, 1.165) is 22.2 Å². The summed E-state index contributed by atoms with van der Waals surface area (Å²) in [5.41, 5.74) is 7.24. The van der Waals surface area contributed by atoms with E-state index in [4.69, 9.17) is 10.5 Å². The smallest absolute Gasteiger partial charge is 0.133 e. The Hall–Kier alpha value is -0.540. The van der Waals surface area contributed by atoms with Crippen molar-refractivity contribution >= 4 is 15.9 Å². The van der Waals surface area contributed by atoms with Gasteiger partial charge in [-0.25, -0.2) is 0 Å². The average Bonchev–Trinajstić information content (AvgIpc) is 2.25. The lowest BCUT2D eigenvalue weighted by atomic mass is 10.0. The van der Waals surface area contributed by atoms with Gasteiger partial charge in [0.15, 0.2) is 0 Å². The molecule has 1 aromatic rings. The zero-order chi connectivity index (χ0) is 11.3. The van der Waals surface area contributed by atoms with Crippen LogP contribution < -0.4 is 10.5 Å². The van der Waals surface area contributed by atoms with Crippen LogP contribution in [0.4, 0.5) is 0 Å². The highest BCUT2D eigenvalue weighted by atomic mass is 79.9. The van der Waals surface area contributed by atoms with Gasteiger partial charge in [-0.15, -0.1) is 0 Å². The quantitative estimate of drug-likeness (QED) is 0.888. The Labute approximate surface area is 99.9 Å². The van der Waals surface area contributed by atoms with Crippen molar-refractivity contribution in [3.05, 3.63) is 28.2 Å². The molecule has 0 aliphatic rings. The molecule has 0 aliphatic heterocycles. The van der Waals surface area contributed by atoms with Crippen LogP contribution >= 0.6 is 15.9 Å². The molecule has 0 aromatic heterocycles. The van der Waals surface area contributed by atoms with Gasteiger partial charge in [-0.1, -0.05) is 25.8 Å². The second-order valence-corrected chi connectivity index (χ2v) is 4.50. The predicted octanol–water partition coefficient (Wildman–Crippen LogP) is 3.65. The Morgan fingerprint density at radius 2 is 2.20 bits per heavy atom. The van der Waals surface area contributed by atoms with Gasteiger partial charge in [-0.2, -0.15) is 0 Å². The third-order valence-corrected chi connectivity index (χ3v) is 3.09. The van der Waals surface area contributed by atoms with Crippen molar-refractivity contribution < 1.29 is 4.74 Å². The van der Waals surface area contributed by atoms with Crippen LogP contribution in [0.25, 0.3) is 0 Å². The number of unbranched alkanes of at least 4 members (excludes halogenated alkanes) is 1. The zero-order valence-electron chi connectivity index (χ0n) is 9.29. The van der Waals surface area contributed by atoms with Crippen molar-refractivity contribution in [1.29, 1.82) is 0 Å². The highest BCUT2D eigenvalue weighted by molar-refractivity contribution is 9.10. The maximum Gasteiger partial charge on any atom is 0.133 e. The molecular formula is C12H18BrNO. The van der Waals surface area contributed by atoms with E-state index in [9.17, 15) is 0 Å². The SMILES string of the molecule is CCCCC(N)c1ccc(OC)c(Br)c1. The third kappa shape index (κ3) is 3.50. The molecule has 0 radical (unpaired) electrons. The Kier molecular flexibility index (Phi) is 5.12. The first-order valence-corrected chi connectivity index (χ1v) is 6.07. The molecule has 2 N–H and O–H groups in total. The number of methoxy groups -OCH3 is 1. The fraction of sp³-hybridized carbons (Fsp3) is 0.500. The van der Waals surface area contributed by atoms with Gasteiger partial charge in [0.2, 0.25) is 0 Å². The number of rotatable bonds is 5. The van der Waals surface area contributed by atoms with Crippen molar-refractivity contribution in [2.24, 2.45) is 5.73 Å². The average molecular weight is 272 g/mol. The number of benzene rings is 1. The minimum Gasteiger partial charge on any atom is -0.496 e. The van der Waals surface area contributed by atoms with Gasteiger partial charge in [-0.05, 0) is 40.0 Å². The molecule has 15 heavy (non-hydrogen) atoms. The highest BCUT2D eigenvalue weighted by Gasteiger charge is 2.08. The first-order valence-electron chi connectivity index (χ1n) is 5.28. The summed E-state index contributed by atoms with van der Waals surface area (Å²) in [6, 6.07) is 6.15. The van der Waals surface area contributed by atoms with Crippen molar-refractivity contribution in [2.75, 3.05) is 7.11 Å². The second kappa shape index (κ2) is 6.13. The summed E-state index contributed by atoms with van der Waals surface area (Å²) >= 11 is 3.46. The number of ether oxygens (including phenoxy) is 1. The predicted molar refractivity (Wildman–Crippen MR) is 67.1 cm³/mol. The van der Waals surface area contributed by atoms with E-state index in [1.807, 2.05) is 18.2 Å². The van der Waals surface area contributed by atoms with Gasteiger partial charge in [0.25, 0.3) is 0 Å². The van der Waals surface area contributed by atoms with Gasteiger partial charge in [0, 0.05) is 6.04 Å². The Balaban J connectivity index is 2.73. The first-order chi connectivity index (χ1) is 7.19. The van der Waals surface area contributed by atoms with E-state index >= 15 is 0 Å². The number of hydrogen-bond acceptors (Lipinski definition) is 2. The number of halogens is 1. The molecule has 0 aliphatic carbocycles. The van der Waals surface area contributed by atoms with E-state index in [1.165, 1.54) is 12.8 Å². The number of hydrogen-bond donors (Lipinski definition) is 1. The van der Waals surface area contributed by atoms with Crippen molar-refractivity contribution in [3.63, 3.8) is 0 Å². The fourth-order valence-corrected chi connectivity index (χ4v) is 2.06. The maximum absolute atomic E-state index is 6.08. The van der Waals surface area contributed by atoms with Crippen LogP contribution in [0.3, 0.4) is 0 Å². The topological polar surface area (TPSA) is 35.2 Å². The molecule has 0 fully saturated rings. The molecule has 1 atom stereocenters. The van der Waals surface area contributed by atoms with Gasteiger partial charge in [0.05, 0.1) is 11.6 Å². The lowest BCUT2D eigenvalue weighted by Gasteiger charge is -2.13. The van der Waals surface area contributed by atoms with Crippen LogP contribution in [0.15, 0.2) is 22.7 Å². The molecule has 0 amide bonds. The summed E-state index contributed by atoms with van der Waals surface area (Å²) in [6.45, 7) is 2.18. The van der Waals surface area contributed by atoms with Gasteiger partial charge >= 0.3 is 0 Å². The number of nitrogens with two attached hydrogens (primary N) is 1. The van der Waals surface area contributed by atoms with Crippen LogP contribution in [-0.2, 0) is 0 Å². The van der Waals surface area contributed by atoms with Crippen LogP contribution in [-0.4, -0.2) is 7.11 Å². The van der Waals surface area contributed by atoms with Crippen LogP contribution in [0.5, 0.6) is 5.75 Å². The van der Waals surface area contributed by atoms with Crippen molar-refractivity contribution in [1.82, 2.24) is 0 Å². The Morgan fingerprint density at radius 3 is 2.73 bits per heavy atom. The van der Waals surface area contributed by atoms with Gasteiger partial charge in [0.1, 0.15) is 5.75 Å². The lowest BCUT2D eigenvalue weighted by molar-refractivity contribution is 0.411. The monoisotopic (exact) mass is 271 g/mol. The summed E-state index contributed by atoms with van der Waals surface area (Å²) < 4.78 is 6.14. The first kappa shape index (κ1) is 12.5. The molecule has 1 unspecified atom stereocenters. The molecular weight excluding hydrogens is 254 g/mol. The van der Waals surface area contributed by atoms with E-state index in [2.05, 4.69) is 22.9 Å². The van der Waals surface area contributed by atoms with Gasteiger partial charge < -0.3 is 10.5 Å². The van der Waals surface area contributed by atoms with E-state index in [1.54, 1.807) is 7.11 Å². The maximum atomic E-state index is 6.08. The standard InChI is InChI=1S/C12H18BrNO/c1-3-4-5-11(14)9-6-7-12(15-2)10(13)8-9/h6-8,11H,3-5,14H2,1-2H3. The Bertz CT molecular complexity index is 314. The summed E-state index contributed by atoms with van der Waals surface area (Å²) in [6.07, 6.45) is 3.39. The minimum absolute atomic E-state index is 0.132. The Morgan fingerprint density at radius 1 is 1.47 bits per heavy atom. The molecule has 0 bridgehead atoms. The summed E-state index contributed by atoms with van der Waals surface area (Å²) in [5.74, 6) is 0.849. The molecule has 0 spiro atoms. The summed E-state index contributed by atoms with van der Waals surface area (Å²) in [7, 11) is 1.66. The van der Waals surface area contributed by atoms with E-state index in [0.29, 0.717) is 0 Å². The van der Waals surface area contributed by atoms with Gasteiger partial charge in [-0.3, -0.25) is 0 Å². The summed E-state index contributed by atoms with van der Waals surface area (Å²) in [5, 5.41) is 0. The van der Waals surface area contributed by atoms with E-state index in [-0.39, 0.29) is 6.04 Å². The molecule has 3 heteroatoms. The molecule has 2 nitrogen and oxygen atoms in total. The van der Waals surface area contributed by atoms with Crippen LogP contribution in [0.1, 0.15) is 37.8 Å². The molecule has 0 saturated heterocycles. The highest BCUT2D eigenvalue weighted by Crippen LogP contribution is 2.28. The fourth-order valence-electron chi connectivity index (χ4n) is 1.50. The molecule has 1 rings (SSSR count). The van der Waals surface area contributed by atoms with Crippen molar-refractivity contribution in [3.8, 4) is 5.75 Å². The van der Waals surface area contributed by atoms with Crippen LogP contribution in [0.2, 0.25) is 0 Å². The molecule has 0 saturated carbocycles. The zero-order valence-corrected chi connectivity index (χ0v) is 10.9. The minimum atomic E-state index is 0.132. The normalized spacial score (nSPS) is 12.5. The van der Waals surface area contributed by atoms with Crippen LogP contribution in [0, 0.1) is 0 Å². The molecule has 84 valence electrons. The molecule has 1 aromatic carbocycles. The second-order valence-electron chi connectivity index (χ2n) is 3.64. The third-order valence-electron chi connectivity index (χ3n) is 2.47. The molecule has 0 heterocycles. The summed E-state index contributed by atoms with van der Waals surface area (Å²) in [4.78, 5) is 0. The van der Waals surface area contributed by atoms with Crippen molar-refractivity contribution in [2.45, 2.75) is 32.2 Å². The van der Waals surface area contributed by atoms with E-state index < -0.39 is 0 Å². The largest absolute Gasteiger partial charge is 0.496 e.